The average Bonchev–Trinajstić information content (AvgIpc) is 2.11. The summed E-state index contributed by atoms with van der Waals surface area (Å²) in [5.74, 6) is 0. The molecule has 0 bridgehead atoms. The monoisotopic (exact) mass is 260 g/mol. The van der Waals surface area contributed by atoms with Crippen molar-refractivity contribution in [3.05, 3.63) is 0 Å². The molecule has 0 heterocycles. The number of hydrogen-bond donors (Lipinski definition) is 3. The van der Waals surface area contributed by atoms with Crippen molar-refractivity contribution in [1.82, 2.24) is 0 Å². The molecule has 0 aliphatic rings. The predicted octanol–water partition coefficient (Wildman–Crippen LogP) is 2.25. The predicted molar refractivity (Wildman–Crippen MR) is 56.6 cm³/mol. The van der Waals surface area contributed by atoms with Crippen molar-refractivity contribution in [2.24, 2.45) is 0 Å². The molecule has 0 aliphatic heterocycles. The Bertz CT molecular complexity index is 157. The molecule has 0 radical (unpaired) electrons. The second-order valence-corrected chi connectivity index (χ2v) is 4.30. The van der Waals surface area contributed by atoms with Gasteiger partial charge in [-0.05, 0) is 6.42 Å². The van der Waals surface area contributed by atoms with Crippen LogP contribution < -0.4 is 0 Å². The molecular weight excluding hydrogens is 242 g/mol. The highest BCUT2D eigenvalue weighted by molar-refractivity contribution is 7.46. The van der Waals surface area contributed by atoms with Gasteiger partial charge in [-0.3, -0.25) is 0 Å². The number of aliphatic hydroxyl groups excluding tert-OH is 1. The van der Waals surface area contributed by atoms with Crippen LogP contribution in [0.5, 0.6) is 0 Å². The molecule has 3 N–H and O–H groups in total. The van der Waals surface area contributed by atoms with E-state index in [2.05, 4.69) is 11.2 Å². The van der Waals surface area contributed by atoms with Crippen molar-refractivity contribution in [2.75, 3.05) is 6.61 Å². The summed E-state index contributed by atoms with van der Waals surface area (Å²) in [5.41, 5.74) is 0. The zero-order chi connectivity index (χ0) is 12.1. The molecule has 0 rings (SSSR count). The van der Waals surface area contributed by atoms with E-state index >= 15 is 0 Å². The molecular formula is C7H18O6P2+2. The van der Waals surface area contributed by atoms with E-state index in [0.717, 1.165) is 6.42 Å². The quantitative estimate of drug-likeness (QED) is 0.479. The van der Waals surface area contributed by atoms with E-state index in [1.54, 1.807) is 0 Å². The summed E-state index contributed by atoms with van der Waals surface area (Å²) in [6.45, 7) is 2.56. The van der Waals surface area contributed by atoms with Crippen molar-refractivity contribution in [2.45, 2.75) is 39.0 Å². The Kier molecular flexibility index (Phi) is 16.3. The lowest BCUT2D eigenvalue weighted by Gasteiger charge is -1.93. The molecule has 2 unspecified atom stereocenters. The Morgan fingerprint density at radius 1 is 1.00 bits per heavy atom. The van der Waals surface area contributed by atoms with Gasteiger partial charge >= 0.3 is 16.5 Å². The number of rotatable bonds is 7. The van der Waals surface area contributed by atoms with Crippen LogP contribution in [-0.4, -0.2) is 21.5 Å². The van der Waals surface area contributed by atoms with Gasteiger partial charge < -0.3 is 5.11 Å². The molecule has 0 fully saturated rings. The van der Waals surface area contributed by atoms with Crippen molar-refractivity contribution in [3.63, 3.8) is 0 Å². The van der Waals surface area contributed by atoms with E-state index in [4.69, 9.17) is 14.9 Å². The van der Waals surface area contributed by atoms with Crippen LogP contribution in [0.15, 0.2) is 0 Å². The number of hydrogen-bond acceptors (Lipinski definition) is 4. The Hall–Kier alpha value is 0.0400. The molecule has 0 aromatic heterocycles. The van der Waals surface area contributed by atoms with Crippen molar-refractivity contribution >= 4 is 16.5 Å². The van der Waals surface area contributed by atoms with E-state index < -0.39 is 16.5 Å². The summed E-state index contributed by atoms with van der Waals surface area (Å²) in [7, 11) is -5.85. The summed E-state index contributed by atoms with van der Waals surface area (Å²) in [6, 6.07) is 0. The van der Waals surface area contributed by atoms with Gasteiger partial charge in [0.2, 0.25) is 0 Å². The zero-order valence-electron chi connectivity index (χ0n) is 8.70. The molecule has 8 heteroatoms. The molecule has 6 nitrogen and oxygen atoms in total. The SMILES string of the molecule is CCCCCCCO.O=[P+](O)O[P+](=O)O. The highest BCUT2D eigenvalue weighted by Gasteiger charge is 2.31. The van der Waals surface area contributed by atoms with Gasteiger partial charge in [0, 0.05) is 15.7 Å². The highest BCUT2D eigenvalue weighted by atomic mass is 31.2. The van der Waals surface area contributed by atoms with E-state index in [-0.39, 0.29) is 0 Å². The minimum absolute atomic E-state index is 0.365. The molecule has 0 saturated heterocycles. The largest absolute Gasteiger partial charge is 0.745 e. The lowest BCUT2D eigenvalue weighted by Crippen LogP contribution is -1.81. The van der Waals surface area contributed by atoms with Gasteiger partial charge in [0.1, 0.15) is 0 Å². The highest BCUT2D eigenvalue weighted by Crippen LogP contribution is 2.30. The van der Waals surface area contributed by atoms with Crippen LogP contribution in [0.3, 0.4) is 0 Å². The third-order valence-corrected chi connectivity index (χ3v) is 2.52. The minimum atomic E-state index is -2.92. The van der Waals surface area contributed by atoms with Gasteiger partial charge in [-0.25, -0.2) is 0 Å². The van der Waals surface area contributed by atoms with Crippen molar-refractivity contribution in [1.29, 1.82) is 0 Å². The molecule has 0 aromatic rings. The Balaban J connectivity index is 0. The lowest BCUT2D eigenvalue weighted by atomic mass is 10.2. The third-order valence-electron chi connectivity index (χ3n) is 1.40. The fourth-order valence-corrected chi connectivity index (χ4v) is 1.25. The fourth-order valence-electron chi connectivity index (χ4n) is 0.775. The maximum absolute atomic E-state index is 9.39. The molecule has 0 amide bonds. The molecule has 0 saturated carbocycles. The Morgan fingerprint density at radius 3 is 1.73 bits per heavy atom. The second kappa shape index (κ2) is 14.0. The zero-order valence-corrected chi connectivity index (χ0v) is 10.5. The molecule has 0 spiro atoms. The summed E-state index contributed by atoms with van der Waals surface area (Å²) in [6.07, 6.45) is 6.08. The van der Waals surface area contributed by atoms with Crippen LogP contribution >= 0.6 is 16.5 Å². The molecule has 0 aromatic carbocycles. The first-order valence-corrected chi connectivity index (χ1v) is 6.91. The first-order chi connectivity index (χ1) is 7.04. The summed E-state index contributed by atoms with van der Waals surface area (Å²) in [5, 5.41) is 8.37. The van der Waals surface area contributed by atoms with Crippen LogP contribution in [0.2, 0.25) is 0 Å². The van der Waals surface area contributed by atoms with E-state index in [1.165, 1.54) is 25.7 Å². The summed E-state index contributed by atoms with van der Waals surface area (Å²) in [4.78, 5) is 15.3. The van der Waals surface area contributed by atoms with Crippen LogP contribution in [0.25, 0.3) is 0 Å². The van der Waals surface area contributed by atoms with E-state index in [0.29, 0.717) is 6.61 Å². The first kappa shape index (κ1) is 17.4. The van der Waals surface area contributed by atoms with Gasteiger partial charge in [-0.2, -0.15) is 0 Å². The van der Waals surface area contributed by atoms with Gasteiger partial charge in [-0.1, -0.05) is 32.6 Å². The Labute approximate surface area is 91.2 Å². The topological polar surface area (TPSA) is 104 Å². The van der Waals surface area contributed by atoms with E-state index in [9.17, 15) is 9.13 Å². The van der Waals surface area contributed by atoms with Crippen LogP contribution in [-0.2, 0) is 13.4 Å². The van der Waals surface area contributed by atoms with Gasteiger partial charge in [0.15, 0.2) is 4.31 Å². The first-order valence-electron chi connectivity index (χ1n) is 4.65. The van der Waals surface area contributed by atoms with Crippen molar-refractivity contribution < 1.29 is 28.3 Å². The standard InChI is InChI=1S/C7H16O.O5P2/c1-2-3-4-5-6-7-8;1-6(2)5-7(3)4/h8H,2-7H2,1H3;/p+2. The summed E-state index contributed by atoms with van der Waals surface area (Å²) < 4.78 is 22.2. The van der Waals surface area contributed by atoms with Gasteiger partial charge in [0.25, 0.3) is 0 Å². The van der Waals surface area contributed by atoms with Gasteiger partial charge in [-0.15, -0.1) is 9.79 Å². The average molecular weight is 260 g/mol. The minimum Gasteiger partial charge on any atom is -0.396 e. The molecule has 2 atom stereocenters. The third kappa shape index (κ3) is 24.9. The van der Waals surface area contributed by atoms with Crippen LogP contribution in [0.4, 0.5) is 0 Å². The Morgan fingerprint density at radius 2 is 1.47 bits per heavy atom. The maximum atomic E-state index is 9.39. The van der Waals surface area contributed by atoms with E-state index in [1.807, 2.05) is 0 Å². The smallest absolute Gasteiger partial charge is 0.396 e. The number of aliphatic hydroxyl groups is 1. The number of unbranched alkanes of at least 4 members (excludes halogenated alkanes) is 4. The lowest BCUT2D eigenvalue weighted by molar-refractivity contribution is 0.282. The summed E-state index contributed by atoms with van der Waals surface area (Å²) >= 11 is 0. The van der Waals surface area contributed by atoms with Crippen LogP contribution in [0.1, 0.15) is 39.0 Å². The molecule has 15 heavy (non-hydrogen) atoms. The molecule has 90 valence electrons. The molecule has 0 aliphatic carbocycles. The fraction of sp³-hybridized carbons (Fsp3) is 1.00. The normalized spacial score (nSPS) is 11.5. The maximum Gasteiger partial charge on any atom is 0.745 e. The van der Waals surface area contributed by atoms with Gasteiger partial charge in [0.05, 0.1) is 0 Å². The van der Waals surface area contributed by atoms with Crippen molar-refractivity contribution in [3.8, 4) is 0 Å². The second-order valence-electron chi connectivity index (χ2n) is 2.70. The van der Waals surface area contributed by atoms with Crippen LogP contribution in [0, 0.1) is 0 Å².